The van der Waals surface area contributed by atoms with Crippen LogP contribution in [0.3, 0.4) is 0 Å². The third-order valence-electron chi connectivity index (χ3n) is 3.74. The molecule has 0 atom stereocenters. The van der Waals surface area contributed by atoms with Crippen LogP contribution in [-0.4, -0.2) is 24.4 Å². The zero-order valence-electron chi connectivity index (χ0n) is 12.6. The van der Waals surface area contributed by atoms with Crippen molar-refractivity contribution in [1.29, 1.82) is 0 Å². The van der Waals surface area contributed by atoms with Gasteiger partial charge >= 0.3 is 0 Å². The van der Waals surface area contributed by atoms with Crippen molar-refractivity contribution < 1.29 is 19.7 Å². The number of halogens is 1. The van der Waals surface area contributed by atoms with Crippen molar-refractivity contribution in [3.63, 3.8) is 0 Å². The fraction of sp³-hybridized carbons (Fsp3) is 0.111. The molecule has 0 aliphatic rings. The first-order chi connectivity index (χ1) is 11.1. The van der Waals surface area contributed by atoms with Gasteiger partial charge < -0.3 is 19.7 Å². The first kappa shape index (κ1) is 15.5. The second-order valence-corrected chi connectivity index (χ2v) is 5.89. The Hall–Kier alpha value is -2.40. The Morgan fingerprint density at radius 3 is 2.09 bits per heavy atom. The maximum atomic E-state index is 10.6. The molecule has 0 spiro atoms. The van der Waals surface area contributed by atoms with Crippen molar-refractivity contribution in [3.05, 3.63) is 46.9 Å². The number of phenolic OH excluding ortho intramolecular Hbond substituents is 2. The third-order valence-corrected chi connectivity index (χ3v) is 4.35. The second-order valence-electron chi connectivity index (χ2n) is 5.03. The third kappa shape index (κ3) is 2.57. The van der Waals surface area contributed by atoms with Crippen molar-refractivity contribution in [3.8, 4) is 34.1 Å². The monoisotopic (exact) mass is 374 g/mol. The van der Waals surface area contributed by atoms with Crippen molar-refractivity contribution in [2.45, 2.75) is 0 Å². The molecule has 5 heteroatoms. The van der Waals surface area contributed by atoms with Crippen LogP contribution in [0.1, 0.15) is 0 Å². The van der Waals surface area contributed by atoms with E-state index in [1.165, 1.54) is 14.2 Å². The Labute approximate surface area is 142 Å². The van der Waals surface area contributed by atoms with E-state index in [-0.39, 0.29) is 23.0 Å². The number of ether oxygens (including phenoxy) is 2. The van der Waals surface area contributed by atoms with Crippen LogP contribution in [0.4, 0.5) is 0 Å². The molecule has 0 aromatic heterocycles. The van der Waals surface area contributed by atoms with Gasteiger partial charge in [-0.1, -0.05) is 24.3 Å². The molecule has 0 saturated heterocycles. The zero-order chi connectivity index (χ0) is 16.6. The second kappa shape index (κ2) is 6.01. The van der Waals surface area contributed by atoms with Gasteiger partial charge in [0.15, 0.2) is 11.5 Å². The molecule has 23 heavy (non-hydrogen) atoms. The predicted molar refractivity (Wildman–Crippen MR) is 93.5 cm³/mol. The summed E-state index contributed by atoms with van der Waals surface area (Å²) < 4.78 is 11.0. The van der Waals surface area contributed by atoms with E-state index in [2.05, 4.69) is 15.9 Å². The number of rotatable bonds is 3. The molecule has 3 rings (SSSR count). The van der Waals surface area contributed by atoms with Crippen LogP contribution in [0, 0.1) is 0 Å². The molecule has 118 valence electrons. The average Bonchev–Trinajstić information content (AvgIpc) is 2.56. The lowest BCUT2D eigenvalue weighted by atomic mass is 9.96. The minimum absolute atomic E-state index is 0.0717. The van der Waals surface area contributed by atoms with Crippen molar-refractivity contribution in [1.82, 2.24) is 0 Å². The van der Waals surface area contributed by atoms with Gasteiger partial charge in [0, 0.05) is 5.56 Å². The van der Waals surface area contributed by atoms with E-state index >= 15 is 0 Å². The minimum atomic E-state index is -0.0717. The Morgan fingerprint density at radius 2 is 1.48 bits per heavy atom. The molecule has 4 nitrogen and oxygen atoms in total. The van der Waals surface area contributed by atoms with Crippen molar-refractivity contribution >= 4 is 26.7 Å². The van der Waals surface area contributed by atoms with Crippen LogP contribution in [-0.2, 0) is 0 Å². The van der Waals surface area contributed by atoms with E-state index in [0.717, 1.165) is 10.8 Å². The van der Waals surface area contributed by atoms with E-state index in [0.29, 0.717) is 15.6 Å². The molecule has 3 aromatic rings. The maximum Gasteiger partial charge on any atom is 0.200 e. The zero-order valence-corrected chi connectivity index (χ0v) is 14.2. The standard InChI is InChI=1S/C18H15BrO4/c1-22-14-8-11(9-15(23-2)18(14)21)16-12-6-4-3-5-10(12)7-13(19)17(16)20/h3-9,20-21H,1-2H3. The summed E-state index contributed by atoms with van der Waals surface area (Å²) in [5.74, 6) is 0.613. The molecular weight excluding hydrogens is 360 g/mol. The molecular formula is C18H15BrO4. The summed E-state index contributed by atoms with van der Waals surface area (Å²) in [6.45, 7) is 0. The Balaban J connectivity index is 2.39. The van der Waals surface area contributed by atoms with Gasteiger partial charge in [0.25, 0.3) is 0 Å². The van der Waals surface area contributed by atoms with Gasteiger partial charge in [0.05, 0.1) is 18.7 Å². The van der Waals surface area contributed by atoms with Crippen LogP contribution in [0.5, 0.6) is 23.0 Å². The van der Waals surface area contributed by atoms with Gasteiger partial charge in [-0.05, 0) is 50.5 Å². The molecule has 0 unspecified atom stereocenters. The van der Waals surface area contributed by atoms with Crippen LogP contribution < -0.4 is 9.47 Å². The molecule has 0 aliphatic heterocycles. The lowest BCUT2D eigenvalue weighted by Gasteiger charge is -2.15. The lowest BCUT2D eigenvalue weighted by molar-refractivity contribution is 0.340. The number of methoxy groups -OCH3 is 2. The van der Waals surface area contributed by atoms with Crippen molar-refractivity contribution in [2.75, 3.05) is 14.2 Å². The summed E-state index contributed by atoms with van der Waals surface area (Å²) in [5, 5.41) is 22.5. The summed E-state index contributed by atoms with van der Waals surface area (Å²) in [5.41, 5.74) is 1.33. The highest BCUT2D eigenvalue weighted by Gasteiger charge is 2.18. The summed E-state index contributed by atoms with van der Waals surface area (Å²) in [6.07, 6.45) is 0. The largest absolute Gasteiger partial charge is 0.506 e. The Morgan fingerprint density at radius 1 is 0.870 bits per heavy atom. The number of hydrogen-bond donors (Lipinski definition) is 2. The van der Waals surface area contributed by atoms with Gasteiger partial charge in [0.2, 0.25) is 5.75 Å². The van der Waals surface area contributed by atoms with Gasteiger partial charge in [-0.3, -0.25) is 0 Å². The van der Waals surface area contributed by atoms with Crippen molar-refractivity contribution in [2.24, 2.45) is 0 Å². The normalized spacial score (nSPS) is 10.7. The van der Waals surface area contributed by atoms with Gasteiger partial charge in [-0.25, -0.2) is 0 Å². The summed E-state index contributed by atoms with van der Waals surface area (Å²) in [6, 6.07) is 13.0. The lowest BCUT2D eigenvalue weighted by Crippen LogP contribution is -1.92. The average molecular weight is 375 g/mol. The quantitative estimate of drug-likeness (QED) is 0.697. The SMILES string of the molecule is COc1cc(-c2c(O)c(Br)cc3ccccc23)cc(OC)c1O. The van der Waals surface area contributed by atoms with Gasteiger partial charge in [-0.15, -0.1) is 0 Å². The highest BCUT2D eigenvalue weighted by molar-refractivity contribution is 9.10. The molecule has 2 N–H and O–H groups in total. The van der Waals surface area contributed by atoms with E-state index in [1.54, 1.807) is 12.1 Å². The first-order valence-electron chi connectivity index (χ1n) is 6.92. The molecule has 0 saturated carbocycles. The minimum Gasteiger partial charge on any atom is -0.506 e. The van der Waals surface area contributed by atoms with Gasteiger partial charge in [-0.2, -0.15) is 0 Å². The summed E-state index contributed by atoms with van der Waals surface area (Å²) in [4.78, 5) is 0. The molecule has 0 aliphatic carbocycles. The maximum absolute atomic E-state index is 10.6. The first-order valence-corrected chi connectivity index (χ1v) is 7.71. The van der Waals surface area contributed by atoms with Crippen LogP contribution in [0.15, 0.2) is 46.9 Å². The fourth-order valence-electron chi connectivity index (χ4n) is 2.63. The van der Waals surface area contributed by atoms with Gasteiger partial charge in [0.1, 0.15) is 5.75 Å². The topological polar surface area (TPSA) is 58.9 Å². The van der Waals surface area contributed by atoms with E-state index in [4.69, 9.17) is 9.47 Å². The molecule has 0 fully saturated rings. The molecule has 0 amide bonds. The number of phenols is 2. The fourth-order valence-corrected chi connectivity index (χ4v) is 3.08. The Bertz CT molecular complexity index is 865. The Kier molecular flexibility index (Phi) is 4.05. The number of benzene rings is 3. The molecule has 0 radical (unpaired) electrons. The predicted octanol–water partition coefficient (Wildman–Crippen LogP) is 4.70. The van der Waals surface area contributed by atoms with Crippen LogP contribution >= 0.6 is 15.9 Å². The van der Waals surface area contributed by atoms with Crippen LogP contribution in [0.25, 0.3) is 21.9 Å². The number of hydrogen-bond acceptors (Lipinski definition) is 4. The number of fused-ring (bicyclic) bond motifs is 1. The summed E-state index contributed by atoms with van der Waals surface area (Å²) >= 11 is 3.39. The van der Waals surface area contributed by atoms with E-state index in [9.17, 15) is 10.2 Å². The van der Waals surface area contributed by atoms with Crippen LogP contribution in [0.2, 0.25) is 0 Å². The highest BCUT2D eigenvalue weighted by atomic mass is 79.9. The van der Waals surface area contributed by atoms with E-state index in [1.807, 2.05) is 30.3 Å². The summed E-state index contributed by atoms with van der Waals surface area (Å²) in [7, 11) is 2.94. The highest BCUT2D eigenvalue weighted by Crippen LogP contribution is 2.46. The smallest absolute Gasteiger partial charge is 0.200 e. The molecule has 0 heterocycles. The molecule has 3 aromatic carbocycles. The number of aromatic hydroxyl groups is 2. The van der Waals surface area contributed by atoms with E-state index < -0.39 is 0 Å². The molecule has 0 bridgehead atoms.